The first-order valence-corrected chi connectivity index (χ1v) is 5.21. The van der Waals surface area contributed by atoms with Gasteiger partial charge < -0.3 is 15.2 Å². The van der Waals surface area contributed by atoms with Crippen LogP contribution in [0.4, 0.5) is 0 Å². The van der Waals surface area contributed by atoms with Crippen LogP contribution in [0.5, 0.6) is 11.8 Å². The van der Waals surface area contributed by atoms with Gasteiger partial charge in [-0.2, -0.15) is 4.98 Å². The van der Waals surface area contributed by atoms with Gasteiger partial charge in [0.05, 0.1) is 7.11 Å². The van der Waals surface area contributed by atoms with Gasteiger partial charge in [0, 0.05) is 18.2 Å². The lowest BCUT2D eigenvalue weighted by Gasteiger charge is -2.12. The SMILES string of the molecule is COc1cccc(OC2CCC(N)C2)n1. The Morgan fingerprint density at radius 1 is 1.33 bits per heavy atom. The predicted molar refractivity (Wildman–Crippen MR) is 57.0 cm³/mol. The van der Waals surface area contributed by atoms with Crippen LogP contribution in [0, 0.1) is 0 Å². The minimum absolute atomic E-state index is 0.208. The van der Waals surface area contributed by atoms with Gasteiger partial charge in [0.1, 0.15) is 6.10 Å². The maximum absolute atomic E-state index is 5.81. The smallest absolute Gasteiger partial charge is 0.216 e. The van der Waals surface area contributed by atoms with Gasteiger partial charge in [0.2, 0.25) is 11.8 Å². The number of methoxy groups -OCH3 is 1. The van der Waals surface area contributed by atoms with Gasteiger partial charge in [-0.15, -0.1) is 0 Å². The van der Waals surface area contributed by atoms with E-state index in [0.717, 1.165) is 19.3 Å². The Kier molecular flexibility index (Phi) is 3.06. The lowest BCUT2D eigenvalue weighted by molar-refractivity contribution is 0.197. The van der Waals surface area contributed by atoms with Gasteiger partial charge in [-0.1, -0.05) is 6.07 Å². The standard InChI is InChI=1S/C11H16N2O2/c1-14-10-3-2-4-11(13-10)15-9-6-5-8(12)7-9/h2-4,8-9H,5-7,12H2,1H3. The Morgan fingerprint density at radius 2 is 2.13 bits per heavy atom. The van der Waals surface area contributed by atoms with Crippen LogP contribution in [0.25, 0.3) is 0 Å². The number of rotatable bonds is 3. The van der Waals surface area contributed by atoms with Crippen molar-refractivity contribution in [2.24, 2.45) is 5.73 Å². The third-order valence-corrected chi connectivity index (χ3v) is 2.62. The molecule has 4 nitrogen and oxygen atoms in total. The van der Waals surface area contributed by atoms with Crippen molar-refractivity contribution in [2.45, 2.75) is 31.4 Å². The molecule has 1 fully saturated rings. The van der Waals surface area contributed by atoms with Crippen molar-refractivity contribution < 1.29 is 9.47 Å². The van der Waals surface area contributed by atoms with Crippen molar-refractivity contribution in [3.05, 3.63) is 18.2 Å². The minimum Gasteiger partial charge on any atom is -0.481 e. The van der Waals surface area contributed by atoms with Crippen LogP contribution in [0.15, 0.2) is 18.2 Å². The molecule has 0 amide bonds. The van der Waals surface area contributed by atoms with Crippen LogP contribution in [-0.4, -0.2) is 24.2 Å². The first-order valence-electron chi connectivity index (χ1n) is 5.21. The van der Waals surface area contributed by atoms with E-state index in [9.17, 15) is 0 Å². The molecule has 1 aliphatic carbocycles. The summed E-state index contributed by atoms with van der Waals surface area (Å²) in [6.45, 7) is 0. The molecule has 0 radical (unpaired) electrons. The largest absolute Gasteiger partial charge is 0.481 e. The lowest BCUT2D eigenvalue weighted by atomic mass is 10.3. The average Bonchev–Trinajstić information content (AvgIpc) is 2.64. The number of hydrogen-bond donors (Lipinski definition) is 1. The monoisotopic (exact) mass is 208 g/mol. The Morgan fingerprint density at radius 3 is 2.80 bits per heavy atom. The van der Waals surface area contributed by atoms with E-state index >= 15 is 0 Å². The van der Waals surface area contributed by atoms with Crippen LogP contribution in [0.2, 0.25) is 0 Å². The molecule has 4 heteroatoms. The Labute approximate surface area is 89.4 Å². The van der Waals surface area contributed by atoms with E-state index in [-0.39, 0.29) is 12.1 Å². The second-order valence-corrected chi connectivity index (χ2v) is 3.83. The van der Waals surface area contributed by atoms with Gasteiger partial charge in [0.25, 0.3) is 0 Å². The van der Waals surface area contributed by atoms with Gasteiger partial charge >= 0.3 is 0 Å². The summed E-state index contributed by atoms with van der Waals surface area (Å²) in [5.74, 6) is 1.20. The molecule has 1 aliphatic rings. The second-order valence-electron chi connectivity index (χ2n) is 3.83. The molecule has 1 aromatic heterocycles. The molecule has 0 spiro atoms. The predicted octanol–water partition coefficient (Wildman–Crippen LogP) is 1.35. The normalized spacial score (nSPS) is 25.2. The third-order valence-electron chi connectivity index (χ3n) is 2.62. The molecule has 2 atom stereocenters. The highest BCUT2D eigenvalue weighted by Gasteiger charge is 2.23. The van der Waals surface area contributed by atoms with Gasteiger partial charge in [-0.3, -0.25) is 0 Å². The van der Waals surface area contributed by atoms with Gasteiger partial charge in [-0.05, 0) is 19.3 Å². The maximum atomic E-state index is 5.81. The fraction of sp³-hybridized carbons (Fsp3) is 0.545. The maximum Gasteiger partial charge on any atom is 0.216 e. The molecule has 0 bridgehead atoms. The molecule has 82 valence electrons. The van der Waals surface area contributed by atoms with Crippen molar-refractivity contribution >= 4 is 0 Å². The molecular weight excluding hydrogens is 192 g/mol. The van der Waals surface area contributed by atoms with Crippen molar-refractivity contribution in [3.8, 4) is 11.8 Å². The molecule has 2 N–H and O–H groups in total. The van der Waals surface area contributed by atoms with E-state index in [0.29, 0.717) is 11.8 Å². The molecule has 0 saturated heterocycles. The van der Waals surface area contributed by atoms with Crippen molar-refractivity contribution in [1.29, 1.82) is 0 Å². The zero-order valence-corrected chi connectivity index (χ0v) is 8.85. The molecule has 2 unspecified atom stereocenters. The second kappa shape index (κ2) is 4.49. The van der Waals surface area contributed by atoms with Crippen LogP contribution in [0.1, 0.15) is 19.3 Å². The average molecular weight is 208 g/mol. The summed E-state index contributed by atoms with van der Waals surface area (Å²) in [6, 6.07) is 5.79. The van der Waals surface area contributed by atoms with E-state index < -0.39 is 0 Å². The van der Waals surface area contributed by atoms with Crippen molar-refractivity contribution in [1.82, 2.24) is 4.98 Å². The van der Waals surface area contributed by atoms with Crippen molar-refractivity contribution in [2.75, 3.05) is 7.11 Å². The summed E-state index contributed by atoms with van der Waals surface area (Å²) < 4.78 is 10.7. The summed E-state index contributed by atoms with van der Waals surface area (Å²) >= 11 is 0. The van der Waals surface area contributed by atoms with Crippen LogP contribution < -0.4 is 15.2 Å². The van der Waals surface area contributed by atoms with E-state index in [1.54, 1.807) is 13.2 Å². The number of hydrogen-bond acceptors (Lipinski definition) is 4. The first-order chi connectivity index (χ1) is 7.28. The lowest BCUT2D eigenvalue weighted by Crippen LogP contribution is -2.19. The van der Waals surface area contributed by atoms with E-state index in [4.69, 9.17) is 15.2 Å². The van der Waals surface area contributed by atoms with E-state index in [1.807, 2.05) is 12.1 Å². The van der Waals surface area contributed by atoms with E-state index in [2.05, 4.69) is 4.98 Å². The van der Waals surface area contributed by atoms with Crippen molar-refractivity contribution in [3.63, 3.8) is 0 Å². The highest BCUT2D eigenvalue weighted by atomic mass is 16.5. The number of nitrogens with zero attached hydrogens (tertiary/aromatic N) is 1. The van der Waals surface area contributed by atoms with Gasteiger partial charge in [-0.25, -0.2) is 0 Å². The molecule has 1 heterocycles. The molecule has 1 saturated carbocycles. The number of ether oxygens (including phenoxy) is 2. The molecule has 0 aromatic carbocycles. The van der Waals surface area contributed by atoms with Crippen LogP contribution in [0.3, 0.4) is 0 Å². The highest BCUT2D eigenvalue weighted by Crippen LogP contribution is 2.23. The molecule has 15 heavy (non-hydrogen) atoms. The zero-order chi connectivity index (χ0) is 10.7. The summed E-state index contributed by atoms with van der Waals surface area (Å²) in [5.41, 5.74) is 5.81. The number of pyridine rings is 1. The fourth-order valence-corrected chi connectivity index (χ4v) is 1.83. The zero-order valence-electron chi connectivity index (χ0n) is 8.85. The Hall–Kier alpha value is -1.29. The summed E-state index contributed by atoms with van der Waals surface area (Å²) in [4.78, 5) is 4.19. The minimum atomic E-state index is 0.208. The molecule has 0 aliphatic heterocycles. The van der Waals surface area contributed by atoms with E-state index in [1.165, 1.54) is 0 Å². The Bertz CT molecular complexity index is 330. The third kappa shape index (κ3) is 2.59. The van der Waals surface area contributed by atoms with Crippen LogP contribution >= 0.6 is 0 Å². The summed E-state index contributed by atoms with van der Waals surface area (Å²) in [6.07, 6.45) is 3.17. The first kappa shape index (κ1) is 10.2. The number of aromatic nitrogens is 1. The summed E-state index contributed by atoms with van der Waals surface area (Å²) in [5, 5.41) is 0. The summed E-state index contributed by atoms with van der Waals surface area (Å²) in [7, 11) is 1.59. The van der Waals surface area contributed by atoms with Crippen LogP contribution in [-0.2, 0) is 0 Å². The topological polar surface area (TPSA) is 57.4 Å². The molecule has 1 aromatic rings. The quantitative estimate of drug-likeness (QED) is 0.814. The fourth-order valence-electron chi connectivity index (χ4n) is 1.83. The number of nitrogens with two attached hydrogens (primary N) is 1. The van der Waals surface area contributed by atoms with Gasteiger partial charge in [0.15, 0.2) is 0 Å². The Balaban J connectivity index is 1.98. The molecule has 2 rings (SSSR count). The highest BCUT2D eigenvalue weighted by molar-refractivity contribution is 5.19. The molecular formula is C11H16N2O2.